The van der Waals surface area contributed by atoms with Crippen LogP contribution in [0.25, 0.3) is 0 Å². The number of ether oxygens (including phenoxy) is 1. The van der Waals surface area contributed by atoms with Crippen LogP contribution in [0.3, 0.4) is 0 Å². The molecule has 2 aromatic rings. The number of benzene rings is 2. The molecule has 1 N–H and O–H groups in total. The molecule has 2 rings (SSSR count). The van der Waals surface area contributed by atoms with Gasteiger partial charge in [-0.15, -0.1) is 0 Å². The average Bonchev–Trinajstić information content (AvgIpc) is 2.62. The van der Waals surface area contributed by atoms with E-state index >= 15 is 0 Å². The molecule has 0 bridgehead atoms. The lowest BCUT2D eigenvalue weighted by Gasteiger charge is -2.13. The number of carbonyl (C=O) groups excluding carboxylic acids is 1. The Bertz CT molecular complexity index is 848. The zero-order valence-corrected chi connectivity index (χ0v) is 16.7. The molecule has 0 aliphatic carbocycles. The van der Waals surface area contributed by atoms with Gasteiger partial charge >= 0.3 is 0 Å². The summed E-state index contributed by atoms with van der Waals surface area (Å²) in [5.74, 6) is -0.516. The van der Waals surface area contributed by atoms with Gasteiger partial charge in [-0.05, 0) is 49.4 Å². The Balaban J connectivity index is 1.90. The van der Waals surface area contributed by atoms with Crippen LogP contribution in [0.4, 0.5) is 5.69 Å². The fourth-order valence-electron chi connectivity index (χ4n) is 2.66. The Morgan fingerprint density at radius 1 is 1.11 bits per heavy atom. The molecule has 0 spiro atoms. The van der Waals surface area contributed by atoms with Crippen molar-refractivity contribution in [2.24, 2.45) is 0 Å². The summed E-state index contributed by atoms with van der Waals surface area (Å²) in [5, 5.41) is 2.67. The lowest BCUT2D eigenvalue weighted by atomic mass is 10.1. The van der Waals surface area contributed by atoms with Crippen LogP contribution in [0, 0.1) is 6.92 Å². The molecule has 0 fully saturated rings. The van der Waals surface area contributed by atoms with Gasteiger partial charge < -0.3 is 10.1 Å². The van der Waals surface area contributed by atoms with Crippen LogP contribution in [0.5, 0.6) is 5.75 Å². The van der Waals surface area contributed by atoms with Gasteiger partial charge in [-0.25, -0.2) is 8.42 Å². The minimum Gasteiger partial charge on any atom is -0.491 e. The van der Waals surface area contributed by atoms with Crippen molar-refractivity contribution >= 4 is 21.4 Å². The first kappa shape index (κ1) is 21.0. The topological polar surface area (TPSA) is 72.5 Å². The maximum Gasteiger partial charge on any atom is 0.239 e. The first-order valence-corrected chi connectivity index (χ1v) is 11.0. The van der Waals surface area contributed by atoms with E-state index in [0.717, 1.165) is 17.5 Å². The van der Waals surface area contributed by atoms with Crippen LogP contribution in [0.2, 0.25) is 0 Å². The summed E-state index contributed by atoms with van der Waals surface area (Å²) in [6, 6.07) is 15.1. The predicted octanol–water partition coefficient (Wildman–Crippen LogP) is 3.77. The van der Waals surface area contributed by atoms with Gasteiger partial charge in [-0.2, -0.15) is 0 Å². The molecular formula is C21H27NO4S. The van der Waals surface area contributed by atoms with Gasteiger partial charge in [-0.1, -0.05) is 43.3 Å². The highest BCUT2D eigenvalue weighted by atomic mass is 32.2. The van der Waals surface area contributed by atoms with Crippen molar-refractivity contribution in [2.75, 3.05) is 23.4 Å². The number of carbonyl (C=O) groups is 1. The molecule has 0 saturated carbocycles. The number of hydrogen-bond donors (Lipinski definition) is 1. The normalized spacial score (nSPS) is 11.2. The van der Waals surface area contributed by atoms with Crippen molar-refractivity contribution in [3.8, 4) is 5.75 Å². The summed E-state index contributed by atoms with van der Waals surface area (Å²) in [4.78, 5) is 12.2. The first-order valence-electron chi connectivity index (χ1n) is 9.17. The van der Waals surface area contributed by atoms with Crippen LogP contribution < -0.4 is 10.1 Å². The molecule has 0 aliphatic heterocycles. The van der Waals surface area contributed by atoms with E-state index in [9.17, 15) is 13.2 Å². The third kappa shape index (κ3) is 7.43. The van der Waals surface area contributed by atoms with E-state index in [0.29, 0.717) is 30.9 Å². The molecule has 0 radical (unpaired) electrons. The number of amides is 1. The van der Waals surface area contributed by atoms with Gasteiger partial charge in [0.15, 0.2) is 9.84 Å². The van der Waals surface area contributed by atoms with Crippen molar-refractivity contribution in [3.05, 3.63) is 59.7 Å². The van der Waals surface area contributed by atoms with Crippen molar-refractivity contribution in [1.82, 2.24) is 0 Å². The van der Waals surface area contributed by atoms with E-state index in [1.807, 2.05) is 56.3 Å². The quantitative estimate of drug-likeness (QED) is 0.671. The fraction of sp³-hybridized carbons (Fsp3) is 0.381. The Labute approximate surface area is 161 Å². The third-order valence-corrected chi connectivity index (χ3v) is 5.60. The van der Waals surface area contributed by atoms with E-state index in [4.69, 9.17) is 4.74 Å². The second-order valence-electron chi connectivity index (χ2n) is 6.58. The van der Waals surface area contributed by atoms with Crippen LogP contribution in [-0.2, 0) is 21.1 Å². The molecule has 0 aromatic heterocycles. The molecule has 0 unspecified atom stereocenters. The minimum absolute atomic E-state index is 0.0115. The second-order valence-corrected chi connectivity index (χ2v) is 8.76. The number of nitrogens with one attached hydrogen (secondary N) is 1. The van der Waals surface area contributed by atoms with Gasteiger partial charge in [0.05, 0.1) is 18.0 Å². The number of aryl methyl sites for hydroxylation is 2. The standard InChI is InChI=1S/C21H27NO4S/c1-3-13-26-20-15-17(2)11-12-19(20)22-21(23)16-27(24,25)14-7-10-18-8-5-4-6-9-18/h4-6,8-9,11-12,15H,3,7,10,13-14,16H2,1-2H3,(H,22,23). The van der Waals surface area contributed by atoms with Gasteiger partial charge in [0, 0.05) is 0 Å². The largest absolute Gasteiger partial charge is 0.491 e. The Kier molecular flexibility index (Phi) is 7.85. The summed E-state index contributed by atoms with van der Waals surface area (Å²) >= 11 is 0. The lowest BCUT2D eigenvalue weighted by molar-refractivity contribution is -0.113. The van der Waals surface area contributed by atoms with E-state index in [-0.39, 0.29) is 5.75 Å². The van der Waals surface area contributed by atoms with Crippen molar-refractivity contribution in [2.45, 2.75) is 33.1 Å². The second kappa shape index (κ2) is 10.1. The molecule has 0 aliphatic rings. The SMILES string of the molecule is CCCOc1cc(C)ccc1NC(=O)CS(=O)(=O)CCCc1ccccc1. The minimum atomic E-state index is -3.46. The summed E-state index contributed by atoms with van der Waals surface area (Å²) in [6.45, 7) is 4.46. The van der Waals surface area contributed by atoms with Crippen LogP contribution >= 0.6 is 0 Å². The molecule has 5 nitrogen and oxygen atoms in total. The average molecular weight is 390 g/mol. The number of anilines is 1. The van der Waals surface area contributed by atoms with Gasteiger partial charge in [0.25, 0.3) is 0 Å². The first-order chi connectivity index (χ1) is 12.9. The molecule has 0 saturated heterocycles. The van der Waals surface area contributed by atoms with E-state index in [1.54, 1.807) is 6.07 Å². The van der Waals surface area contributed by atoms with Crippen molar-refractivity contribution < 1.29 is 17.9 Å². The Morgan fingerprint density at radius 3 is 2.56 bits per heavy atom. The van der Waals surface area contributed by atoms with E-state index in [2.05, 4.69) is 5.32 Å². The zero-order valence-electron chi connectivity index (χ0n) is 15.9. The smallest absolute Gasteiger partial charge is 0.239 e. The molecule has 27 heavy (non-hydrogen) atoms. The molecule has 1 amide bonds. The number of hydrogen-bond acceptors (Lipinski definition) is 4. The van der Waals surface area contributed by atoms with Gasteiger partial charge in [0.1, 0.15) is 11.5 Å². The monoisotopic (exact) mass is 389 g/mol. The van der Waals surface area contributed by atoms with Crippen molar-refractivity contribution in [3.63, 3.8) is 0 Å². The summed E-state index contributed by atoms with van der Waals surface area (Å²) < 4.78 is 30.1. The molecular weight excluding hydrogens is 362 g/mol. The Morgan fingerprint density at radius 2 is 1.85 bits per heavy atom. The lowest BCUT2D eigenvalue weighted by Crippen LogP contribution is -2.25. The highest BCUT2D eigenvalue weighted by molar-refractivity contribution is 7.92. The summed E-state index contributed by atoms with van der Waals surface area (Å²) in [7, 11) is -3.46. The maximum absolute atomic E-state index is 12.2. The third-order valence-electron chi connectivity index (χ3n) is 3.99. The molecule has 146 valence electrons. The van der Waals surface area contributed by atoms with Gasteiger partial charge in [-0.3, -0.25) is 4.79 Å². The van der Waals surface area contributed by atoms with Crippen LogP contribution in [0.15, 0.2) is 48.5 Å². The number of sulfone groups is 1. The predicted molar refractivity (Wildman–Crippen MR) is 109 cm³/mol. The number of rotatable bonds is 10. The summed E-state index contributed by atoms with van der Waals surface area (Å²) in [6.07, 6.45) is 2.01. The molecule has 0 heterocycles. The molecule has 0 atom stereocenters. The molecule has 6 heteroatoms. The van der Waals surface area contributed by atoms with E-state index < -0.39 is 21.5 Å². The van der Waals surface area contributed by atoms with Crippen molar-refractivity contribution in [1.29, 1.82) is 0 Å². The maximum atomic E-state index is 12.2. The van der Waals surface area contributed by atoms with Gasteiger partial charge in [0.2, 0.25) is 5.91 Å². The van der Waals surface area contributed by atoms with Crippen LogP contribution in [0.1, 0.15) is 30.9 Å². The van der Waals surface area contributed by atoms with Crippen LogP contribution in [-0.4, -0.2) is 32.4 Å². The highest BCUT2D eigenvalue weighted by Gasteiger charge is 2.18. The zero-order chi connectivity index (χ0) is 19.7. The summed E-state index contributed by atoms with van der Waals surface area (Å²) in [5.41, 5.74) is 2.60. The fourth-order valence-corrected chi connectivity index (χ4v) is 3.86. The molecule has 2 aromatic carbocycles. The highest BCUT2D eigenvalue weighted by Crippen LogP contribution is 2.26. The Hall–Kier alpha value is -2.34. The van der Waals surface area contributed by atoms with E-state index in [1.165, 1.54) is 0 Å².